The number of amides is 1. The number of hydrogen-bond acceptors (Lipinski definition) is 3. The summed E-state index contributed by atoms with van der Waals surface area (Å²) in [7, 11) is -3.62. The van der Waals surface area contributed by atoms with Gasteiger partial charge < -0.3 is 4.90 Å². The minimum Gasteiger partial charge on any atom is -0.308 e. The lowest BCUT2D eigenvalue weighted by Crippen LogP contribution is -2.36. The van der Waals surface area contributed by atoms with Gasteiger partial charge in [-0.1, -0.05) is 43.5 Å². The zero-order chi connectivity index (χ0) is 18.9. The maximum atomic E-state index is 13.0. The van der Waals surface area contributed by atoms with Crippen LogP contribution >= 0.6 is 0 Å². The summed E-state index contributed by atoms with van der Waals surface area (Å²) in [6.45, 7) is 0.621. The molecule has 27 heavy (non-hydrogen) atoms. The second kappa shape index (κ2) is 7.44. The average molecular weight is 385 g/mol. The third-order valence-electron chi connectivity index (χ3n) is 5.45. The van der Waals surface area contributed by atoms with Crippen molar-refractivity contribution in [3.05, 3.63) is 59.7 Å². The van der Waals surface area contributed by atoms with Gasteiger partial charge in [-0.3, -0.25) is 4.79 Å². The normalized spacial score (nSPS) is 17.7. The number of rotatable bonds is 4. The Hall–Kier alpha value is -2.18. The van der Waals surface area contributed by atoms with Crippen molar-refractivity contribution in [3.8, 4) is 0 Å². The van der Waals surface area contributed by atoms with Crippen molar-refractivity contribution in [2.75, 3.05) is 11.4 Å². The van der Waals surface area contributed by atoms with Crippen LogP contribution < -0.4 is 9.62 Å². The average Bonchev–Trinajstić information content (AvgIpc) is 3.12. The van der Waals surface area contributed by atoms with E-state index in [1.807, 2.05) is 24.3 Å². The highest BCUT2D eigenvalue weighted by molar-refractivity contribution is 7.89. The van der Waals surface area contributed by atoms with Crippen LogP contribution in [0.3, 0.4) is 0 Å². The molecular weight excluding hydrogens is 360 g/mol. The molecule has 6 heteroatoms. The van der Waals surface area contributed by atoms with Crippen molar-refractivity contribution in [3.63, 3.8) is 0 Å². The summed E-state index contributed by atoms with van der Waals surface area (Å²) in [6.07, 6.45) is 5.85. The minimum atomic E-state index is -3.62. The SMILES string of the molecule is O=C(c1cccc(S(=O)(=O)NC2CCCCC2)c1)N1CCc2ccccc21. The fourth-order valence-electron chi connectivity index (χ4n) is 4.01. The summed E-state index contributed by atoms with van der Waals surface area (Å²) in [5.74, 6) is -0.158. The van der Waals surface area contributed by atoms with Crippen LogP contribution in [0.2, 0.25) is 0 Å². The molecule has 0 bridgehead atoms. The Balaban J connectivity index is 1.56. The molecule has 1 heterocycles. The first-order valence-corrected chi connectivity index (χ1v) is 11.0. The zero-order valence-corrected chi connectivity index (χ0v) is 16.0. The second-order valence-corrected chi connectivity index (χ2v) is 9.03. The van der Waals surface area contributed by atoms with Gasteiger partial charge in [-0.15, -0.1) is 0 Å². The van der Waals surface area contributed by atoms with Gasteiger partial charge in [0.15, 0.2) is 0 Å². The number of nitrogens with zero attached hydrogens (tertiary/aromatic N) is 1. The van der Waals surface area contributed by atoms with Crippen LogP contribution in [-0.4, -0.2) is 26.9 Å². The monoisotopic (exact) mass is 384 g/mol. The van der Waals surface area contributed by atoms with Gasteiger partial charge in [-0.05, 0) is 49.1 Å². The molecule has 0 radical (unpaired) electrons. The predicted molar refractivity (Wildman–Crippen MR) is 105 cm³/mol. The number of benzene rings is 2. The summed E-state index contributed by atoms with van der Waals surface area (Å²) in [5, 5.41) is 0. The second-order valence-electron chi connectivity index (χ2n) is 7.32. The van der Waals surface area contributed by atoms with E-state index in [4.69, 9.17) is 0 Å². The lowest BCUT2D eigenvalue weighted by Gasteiger charge is -2.23. The number of sulfonamides is 1. The van der Waals surface area contributed by atoms with E-state index in [-0.39, 0.29) is 16.8 Å². The van der Waals surface area contributed by atoms with Gasteiger partial charge in [0.25, 0.3) is 5.91 Å². The molecule has 0 saturated heterocycles. The molecule has 1 N–H and O–H groups in total. The van der Waals surface area contributed by atoms with E-state index in [9.17, 15) is 13.2 Å². The molecule has 4 rings (SSSR count). The Morgan fingerprint density at radius 3 is 2.59 bits per heavy atom. The molecule has 1 amide bonds. The van der Waals surface area contributed by atoms with Crippen LogP contribution in [0.15, 0.2) is 53.4 Å². The Labute approximate surface area is 160 Å². The standard InChI is InChI=1S/C21H24N2O3S/c24-21(23-14-13-16-7-4-5-12-20(16)23)17-8-6-11-19(15-17)27(25,26)22-18-9-2-1-3-10-18/h4-8,11-12,15,18,22H,1-3,9-10,13-14H2. The molecule has 0 unspecified atom stereocenters. The molecule has 2 aliphatic rings. The van der Waals surface area contributed by atoms with Gasteiger partial charge in [0.2, 0.25) is 10.0 Å². The molecule has 1 aliphatic carbocycles. The van der Waals surface area contributed by atoms with Gasteiger partial charge in [-0.25, -0.2) is 13.1 Å². The highest BCUT2D eigenvalue weighted by atomic mass is 32.2. The van der Waals surface area contributed by atoms with Gasteiger partial charge >= 0.3 is 0 Å². The summed E-state index contributed by atoms with van der Waals surface area (Å²) in [5.41, 5.74) is 2.46. The van der Waals surface area contributed by atoms with E-state index in [0.717, 1.165) is 43.4 Å². The summed E-state index contributed by atoms with van der Waals surface area (Å²) < 4.78 is 28.3. The highest BCUT2D eigenvalue weighted by Gasteiger charge is 2.27. The quantitative estimate of drug-likeness (QED) is 0.877. The minimum absolute atomic E-state index is 0.00596. The van der Waals surface area contributed by atoms with Crippen molar-refractivity contribution in [2.24, 2.45) is 0 Å². The largest absolute Gasteiger partial charge is 0.308 e. The number of fused-ring (bicyclic) bond motifs is 1. The van der Waals surface area contributed by atoms with E-state index in [0.29, 0.717) is 12.1 Å². The first kappa shape index (κ1) is 18.2. The lowest BCUT2D eigenvalue weighted by molar-refractivity contribution is 0.0989. The van der Waals surface area contributed by atoms with E-state index < -0.39 is 10.0 Å². The summed E-state index contributed by atoms with van der Waals surface area (Å²) in [6, 6.07) is 14.2. The topological polar surface area (TPSA) is 66.5 Å². The third kappa shape index (κ3) is 3.77. The number of carbonyl (C=O) groups excluding carboxylic acids is 1. The van der Waals surface area contributed by atoms with Crippen molar-refractivity contribution >= 4 is 21.6 Å². The first-order valence-electron chi connectivity index (χ1n) is 9.57. The van der Waals surface area contributed by atoms with Gasteiger partial charge in [0.1, 0.15) is 0 Å². The maximum Gasteiger partial charge on any atom is 0.258 e. The van der Waals surface area contributed by atoms with E-state index >= 15 is 0 Å². The van der Waals surface area contributed by atoms with E-state index in [1.54, 1.807) is 23.1 Å². The van der Waals surface area contributed by atoms with Gasteiger partial charge in [0.05, 0.1) is 4.90 Å². The Kier molecular flexibility index (Phi) is 5.02. The van der Waals surface area contributed by atoms with E-state index in [1.165, 1.54) is 12.5 Å². The maximum absolute atomic E-state index is 13.0. The van der Waals surface area contributed by atoms with E-state index in [2.05, 4.69) is 4.72 Å². The Bertz CT molecular complexity index is 949. The lowest BCUT2D eigenvalue weighted by atomic mass is 9.96. The Morgan fingerprint density at radius 1 is 1.00 bits per heavy atom. The van der Waals surface area contributed by atoms with Gasteiger partial charge in [-0.2, -0.15) is 0 Å². The highest BCUT2D eigenvalue weighted by Crippen LogP contribution is 2.29. The van der Waals surface area contributed by atoms with Gasteiger partial charge in [0, 0.05) is 23.8 Å². The molecule has 0 spiro atoms. The van der Waals surface area contributed by atoms with Crippen molar-refractivity contribution in [1.29, 1.82) is 0 Å². The van der Waals surface area contributed by atoms with Crippen molar-refractivity contribution in [2.45, 2.75) is 49.5 Å². The molecule has 2 aromatic carbocycles. The smallest absolute Gasteiger partial charge is 0.258 e. The molecule has 0 atom stereocenters. The number of anilines is 1. The molecular formula is C21H24N2O3S. The zero-order valence-electron chi connectivity index (χ0n) is 15.2. The van der Waals surface area contributed by atoms with Crippen molar-refractivity contribution < 1.29 is 13.2 Å². The molecule has 5 nitrogen and oxygen atoms in total. The first-order chi connectivity index (χ1) is 13.0. The predicted octanol–water partition coefficient (Wildman–Crippen LogP) is 3.50. The summed E-state index contributed by atoms with van der Waals surface area (Å²) >= 11 is 0. The molecule has 1 saturated carbocycles. The number of nitrogens with one attached hydrogen (secondary N) is 1. The number of para-hydroxylation sites is 1. The Morgan fingerprint density at radius 2 is 1.78 bits per heavy atom. The fraction of sp³-hybridized carbons (Fsp3) is 0.381. The third-order valence-corrected chi connectivity index (χ3v) is 6.97. The van der Waals surface area contributed by atoms with Crippen LogP contribution in [0.5, 0.6) is 0 Å². The van der Waals surface area contributed by atoms with Crippen LogP contribution in [0.4, 0.5) is 5.69 Å². The fourth-order valence-corrected chi connectivity index (χ4v) is 5.36. The molecule has 142 valence electrons. The number of carbonyl (C=O) groups is 1. The molecule has 0 aromatic heterocycles. The molecule has 2 aromatic rings. The van der Waals surface area contributed by atoms with Crippen LogP contribution in [0, 0.1) is 0 Å². The molecule has 1 fully saturated rings. The van der Waals surface area contributed by atoms with Crippen LogP contribution in [0.25, 0.3) is 0 Å². The number of hydrogen-bond donors (Lipinski definition) is 1. The van der Waals surface area contributed by atoms with Crippen molar-refractivity contribution in [1.82, 2.24) is 4.72 Å². The molecule has 1 aliphatic heterocycles. The van der Waals surface area contributed by atoms with Crippen LogP contribution in [-0.2, 0) is 16.4 Å². The van der Waals surface area contributed by atoms with Crippen LogP contribution in [0.1, 0.15) is 48.0 Å². The summed E-state index contributed by atoms with van der Waals surface area (Å²) in [4.78, 5) is 14.9.